The van der Waals surface area contributed by atoms with E-state index in [2.05, 4.69) is 79.9 Å². The third kappa shape index (κ3) is 8.41. The molecule has 0 atom stereocenters. The van der Waals surface area contributed by atoms with Crippen LogP contribution in [-0.4, -0.2) is 18.0 Å². The van der Waals surface area contributed by atoms with Crippen molar-refractivity contribution in [1.82, 2.24) is 9.97 Å². The molecule has 50 heavy (non-hydrogen) atoms. The van der Waals surface area contributed by atoms with Crippen LogP contribution in [0.4, 0.5) is 0 Å². The minimum absolute atomic E-state index is 0. The Morgan fingerprint density at radius 3 is 2.26 bits per heavy atom. The van der Waals surface area contributed by atoms with Crippen molar-refractivity contribution >= 4 is 35.2 Å². The summed E-state index contributed by atoms with van der Waals surface area (Å²) in [6.07, 6.45) is 4.83. The first kappa shape index (κ1) is 31.8. The first-order valence-electron chi connectivity index (χ1n) is 18.9. The number of pyridine rings is 2. The third-order valence-corrected chi connectivity index (χ3v) is 10.6. The zero-order valence-corrected chi connectivity index (χ0v) is 33.2. The second kappa shape index (κ2) is 15.8. The van der Waals surface area contributed by atoms with Crippen LogP contribution in [0, 0.1) is 24.9 Å². The van der Waals surface area contributed by atoms with E-state index in [-0.39, 0.29) is 20.1 Å². The maximum atomic E-state index is 8.44. The maximum absolute atomic E-state index is 8.44. The smallest absolute Gasteiger partial charge is 0.121 e. The van der Waals surface area contributed by atoms with Crippen molar-refractivity contribution in [2.24, 2.45) is 5.92 Å². The molecule has 4 aromatic carbocycles. The van der Waals surface area contributed by atoms with Gasteiger partial charge in [0.25, 0.3) is 0 Å². The van der Waals surface area contributed by atoms with Gasteiger partial charge in [-0.3, -0.25) is 0 Å². The van der Waals surface area contributed by atoms with Gasteiger partial charge in [-0.25, -0.2) is 0 Å². The number of rotatable bonds is 7. The monoisotopic (exact) mass is 855 g/mol. The predicted molar refractivity (Wildman–Crippen MR) is 210 cm³/mol. The number of benzene rings is 4. The zero-order chi connectivity index (χ0) is 38.1. The molecule has 3 nitrogen and oxygen atoms in total. The summed E-state index contributed by atoms with van der Waals surface area (Å²) in [6, 6.07) is 37.7. The fourth-order valence-corrected chi connectivity index (χ4v) is 7.73. The van der Waals surface area contributed by atoms with E-state index in [0.29, 0.717) is 11.5 Å². The van der Waals surface area contributed by atoms with Crippen LogP contribution >= 0.6 is 0 Å². The van der Waals surface area contributed by atoms with Gasteiger partial charge in [0.15, 0.2) is 0 Å². The summed E-state index contributed by atoms with van der Waals surface area (Å²) in [7, 11) is -1.50. The molecule has 0 fully saturated rings. The van der Waals surface area contributed by atoms with Crippen LogP contribution in [0.25, 0.3) is 55.6 Å². The van der Waals surface area contributed by atoms with Crippen molar-refractivity contribution < 1.29 is 30.0 Å². The molecule has 5 heteroatoms. The van der Waals surface area contributed by atoms with Crippen LogP contribution < -0.4 is 5.19 Å². The maximum Gasteiger partial charge on any atom is 0.121 e. The van der Waals surface area contributed by atoms with Gasteiger partial charge in [0.1, 0.15) is 5.58 Å². The zero-order valence-electron chi connectivity index (χ0n) is 33.8. The van der Waals surface area contributed by atoms with Crippen LogP contribution in [0.5, 0.6) is 0 Å². The summed E-state index contributed by atoms with van der Waals surface area (Å²) in [4.78, 5) is 9.20. The molecule has 0 aliphatic rings. The number of fused-ring (bicyclic) bond motifs is 3. The SMILES string of the molecule is [2H]C(C)(C)c1cc(-c2[c-]cccc2)ncc1[Si](C)(C)C.[2H]C([2H])([2H])c1ccc(-c2ccc3c(c2)oc2c(-c4cc(CC(C)C)ccn4)[c-]ccc23)cc1.[Ir]. The molecule has 7 rings (SSSR count). The average Bonchev–Trinajstić information content (AvgIpc) is 3.49. The molecule has 0 saturated heterocycles. The van der Waals surface area contributed by atoms with E-state index >= 15 is 0 Å². The van der Waals surface area contributed by atoms with Gasteiger partial charge in [0.2, 0.25) is 0 Å². The van der Waals surface area contributed by atoms with Crippen LogP contribution in [0.15, 0.2) is 114 Å². The molecule has 0 saturated carbocycles. The summed E-state index contributed by atoms with van der Waals surface area (Å²) >= 11 is 0. The molecule has 0 bridgehead atoms. The van der Waals surface area contributed by atoms with Gasteiger partial charge in [0, 0.05) is 43.4 Å². The molecule has 3 heterocycles. The van der Waals surface area contributed by atoms with Gasteiger partial charge in [-0.05, 0) is 64.9 Å². The summed E-state index contributed by atoms with van der Waals surface area (Å²) in [5, 5.41) is 3.33. The van der Waals surface area contributed by atoms with E-state index in [0.717, 1.165) is 67.6 Å². The molecule has 1 radical (unpaired) electrons. The second-order valence-electron chi connectivity index (χ2n) is 14.3. The number of aryl methyl sites for hydroxylation is 1. The minimum Gasteiger partial charge on any atom is -0.501 e. The van der Waals surface area contributed by atoms with Crippen LogP contribution in [0.2, 0.25) is 19.6 Å². The Hall–Kier alpha value is -4.15. The molecule has 0 aliphatic carbocycles. The van der Waals surface area contributed by atoms with Crippen molar-refractivity contribution in [3.05, 3.63) is 138 Å². The van der Waals surface area contributed by atoms with E-state index < -0.39 is 20.8 Å². The van der Waals surface area contributed by atoms with Crippen molar-refractivity contribution in [3.8, 4) is 33.6 Å². The van der Waals surface area contributed by atoms with Crippen LogP contribution in [-0.2, 0) is 26.5 Å². The van der Waals surface area contributed by atoms with E-state index in [1.807, 2.05) is 86.9 Å². The van der Waals surface area contributed by atoms with E-state index in [1.165, 1.54) is 10.8 Å². The number of furan rings is 1. The van der Waals surface area contributed by atoms with Gasteiger partial charge >= 0.3 is 0 Å². The van der Waals surface area contributed by atoms with Crippen LogP contribution in [0.3, 0.4) is 0 Å². The Labute approximate surface area is 318 Å². The second-order valence-corrected chi connectivity index (χ2v) is 19.3. The van der Waals surface area contributed by atoms with Gasteiger partial charge < -0.3 is 14.4 Å². The predicted octanol–water partition coefficient (Wildman–Crippen LogP) is 11.8. The quantitative estimate of drug-likeness (QED) is 0.118. The first-order valence-corrected chi connectivity index (χ1v) is 20.4. The topological polar surface area (TPSA) is 38.9 Å². The Kier molecular flexibility index (Phi) is 10.1. The number of hydrogen-bond acceptors (Lipinski definition) is 3. The Balaban J connectivity index is 0.000000230. The molecule has 0 aliphatic heterocycles. The molecule has 0 amide bonds. The molecule has 3 aromatic heterocycles. The summed E-state index contributed by atoms with van der Waals surface area (Å²) in [6.45, 7) is 13.1. The molecule has 0 N–H and O–H groups in total. The standard InChI is InChI=1S/C28H24NO.C17H22NSi.Ir/c1-18(2)15-20-13-14-29-26(16-20)25-6-4-5-24-23-12-11-22(17-27(23)30-28(24)25)21-9-7-19(3)8-10-21;1-13(2)15-11-16(14-9-7-6-8-10-14)18-12-17(15)19(3,4)5;/h4-5,7-14,16-18H,15H2,1-3H3;6-9,11-13H,1-5H3;/q2*-1;/i3D3;13D;. The van der Waals surface area contributed by atoms with Gasteiger partial charge in [-0.2, -0.15) is 0 Å². The minimum atomic E-state index is -2.10. The number of hydrogen-bond donors (Lipinski definition) is 0. The van der Waals surface area contributed by atoms with Crippen LogP contribution in [0.1, 0.15) is 55.8 Å². The summed E-state index contributed by atoms with van der Waals surface area (Å²) < 4.78 is 37.5. The van der Waals surface area contributed by atoms with Gasteiger partial charge in [0.05, 0.1) is 13.7 Å². The molecule has 0 spiro atoms. The van der Waals surface area contributed by atoms with E-state index in [4.69, 9.17) is 9.90 Å². The molecule has 257 valence electrons. The molecular weight excluding hydrogens is 805 g/mol. The van der Waals surface area contributed by atoms with Gasteiger partial charge in [-0.15, -0.1) is 54.1 Å². The van der Waals surface area contributed by atoms with Gasteiger partial charge in [-0.1, -0.05) is 124 Å². The summed E-state index contributed by atoms with van der Waals surface area (Å²) in [5.74, 6) is -0.0410. The van der Waals surface area contributed by atoms with Crippen molar-refractivity contribution in [2.45, 2.75) is 66.5 Å². The molecule has 7 aromatic rings. The van der Waals surface area contributed by atoms with E-state index in [9.17, 15) is 0 Å². The van der Waals surface area contributed by atoms with Crippen molar-refractivity contribution in [2.75, 3.05) is 0 Å². The Bertz CT molecular complexity index is 2360. The number of nitrogens with zero attached hydrogens (tertiary/aromatic N) is 2. The fraction of sp³-hybridized carbons (Fsp3) is 0.244. The first-order chi connectivity index (χ1) is 25.0. The van der Waals surface area contributed by atoms with Crippen molar-refractivity contribution in [3.63, 3.8) is 0 Å². The average molecular weight is 855 g/mol. The fourth-order valence-electron chi connectivity index (χ4n) is 6.15. The Morgan fingerprint density at radius 1 is 0.800 bits per heavy atom. The largest absolute Gasteiger partial charge is 0.501 e. The number of aromatic nitrogens is 2. The normalized spacial score (nSPS) is 13.1. The molecule has 0 unspecified atom stereocenters. The summed E-state index contributed by atoms with van der Waals surface area (Å²) in [5.41, 5.74) is 9.76. The Morgan fingerprint density at radius 2 is 1.58 bits per heavy atom. The molecular formula is C45H46IrN2OSi-2. The third-order valence-electron chi connectivity index (χ3n) is 8.61. The van der Waals surface area contributed by atoms with E-state index in [1.54, 1.807) is 12.1 Å². The van der Waals surface area contributed by atoms with Crippen molar-refractivity contribution in [1.29, 1.82) is 0 Å².